The van der Waals surface area contributed by atoms with Gasteiger partial charge in [0.2, 0.25) is 10.0 Å². The monoisotopic (exact) mass is 434 g/mol. The molecule has 30 heavy (non-hydrogen) atoms. The Kier molecular flexibility index (Phi) is 6.23. The lowest BCUT2D eigenvalue weighted by Crippen LogP contribution is -2.40. The number of carbonyl (C=O) groups excluding carboxylic acids is 2. The first-order chi connectivity index (χ1) is 14.1. The lowest BCUT2D eigenvalue weighted by atomic mass is 9.78. The number of nitrogens with one attached hydrogen (secondary N) is 1. The van der Waals surface area contributed by atoms with Crippen LogP contribution in [0.5, 0.6) is 0 Å². The van der Waals surface area contributed by atoms with Gasteiger partial charge in [-0.1, -0.05) is 31.0 Å². The number of ether oxygens (including phenoxy) is 1. The van der Waals surface area contributed by atoms with Crippen LogP contribution in [-0.4, -0.2) is 26.4 Å². The zero-order valence-electron chi connectivity index (χ0n) is 16.4. The molecule has 3 N–H and O–H groups in total. The molecule has 0 saturated heterocycles. The maximum Gasteiger partial charge on any atom is 0.317 e. The SMILES string of the molecule is CC(OC(=O)C1(c2ccccc2F)CCCC1)C(=O)Nc1ccc(S(N)(=O)=O)cc1. The van der Waals surface area contributed by atoms with Gasteiger partial charge in [0, 0.05) is 11.3 Å². The molecular weight excluding hydrogens is 411 g/mol. The molecule has 3 rings (SSSR count). The van der Waals surface area contributed by atoms with Crippen LogP contribution in [0.4, 0.5) is 10.1 Å². The second kappa shape index (κ2) is 8.53. The summed E-state index contributed by atoms with van der Waals surface area (Å²) in [5, 5.41) is 7.60. The Bertz CT molecular complexity index is 1050. The van der Waals surface area contributed by atoms with Crippen molar-refractivity contribution in [2.75, 3.05) is 5.32 Å². The number of esters is 1. The maximum absolute atomic E-state index is 14.4. The summed E-state index contributed by atoms with van der Waals surface area (Å²) in [6.07, 6.45) is 1.31. The molecule has 7 nitrogen and oxygen atoms in total. The van der Waals surface area contributed by atoms with Gasteiger partial charge in [-0.2, -0.15) is 0 Å². The Morgan fingerprint density at radius 1 is 1.10 bits per heavy atom. The molecule has 0 radical (unpaired) electrons. The van der Waals surface area contributed by atoms with Crippen LogP contribution >= 0.6 is 0 Å². The predicted molar refractivity (Wildman–Crippen MR) is 109 cm³/mol. The quantitative estimate of drug-likeness (QED) is 0.679. The van der Waals surface area contributed by atoms with Crippen molar-refractivity contribution in [2.24, 2.45) is 5.14 Å². The molecule has 9 heteroatoms. The van der Waals surface area contributed by atoms with Gasteiger partial charge in [-0.25, -0.2) is 17.9 Å². The van der Waals surface area contributed by atoms with Crippen molar-refractivity contribution >= 4 is 27.6 Å². The van der Waals surface area contributed by atoms with E-state index in [1.54, 1.807) is 18.2 Å². The van der Waals surface area contributed by atoms with Crippen LogP contribution in [0.2, 0.25) is 0 Å². The van der Waals surface area contributed by atoms with Crippen LogP contribution < -0.4 is 10.5 Å². The molecule has 160 valence electrons. The van der Waals surface area contributed by atoms with Crippen LogP contribution in [0.1, 0.15) is 38.2 Å². The summed E-state index contributed by atoms with van der Waals surface area (Å²) < 4.78 is 42.4. The Hall–Kier alpha value is -2.78. The van der Waals surface area contributed by atoms with Crippen molar-refractivity contribution in [1.82, 2.24) is 0 Å². The van der Waals surface area contributed by atoms with E-state index >= 15 is 0 Å². The third-order valence-electron chi connectivity index (χ3n) is 5.34. The molecule has 1 fully saturated rings. The van der Waals surface area contributed by atoms with Crippen LogP contribution in [0.25, 0.3) is 0 Å². The Balaban J connectivity index is 1.71. The molecule has 1 saturated carbocycles. The number of sulfonamides is 1. The lowest BCUT2D eigenvalue weighted by molar-refractivity contribution is -0.159. The van der Waals surface area contributed by atoms with E-state index < -0.39 is 39.2 Å². The molecule has 0 heterocycles. The molecule has 1 amide bonds. The maximum atomic E-state index is 14.4. The Morgan fingerprint density at radius 3 is 2.27 bits per heavy atom. The zero-order chi connectivity index (χ0) is 21.9. The first kappa shape index (κ1) is 21.9. The number of primary sulfonamides is 1. The molecular formula is C21H23FN2O5S. The number of amides is 1. The summed E-state index contributed by atoms with van der Waals surface area (Å²) in [5.41, 5.74) is -0.490. The van der Waals surface area contributed by atoms with E-state index in [0.29, 0.717) is 24.1 Å². The smallest absolute Gasteiger partial charge is 0.317 e. The Morgan fingerprint density at radius 2 is 1.70 bits per heavy atom. The van der Waals surface area contributed by atoms with E-state index in [1.165, 1.54) is 37.3 Å². The zero-order valence-corrected chi connectivity index (χ0v) is 17.2. The van der Waals surface area contributed by atoms with Crippen LogP contribution in [0.3, 0.4) is 0 Å². The number of rotatable bonds is 6. The second-order valence-electron chi connectivity index (χ2n) is 7.38. The van der Waals surface area contributed by atoms with E-state index in [-0.39, 0.29) is 4.90 Å². The number of anilines is 1. The summed E-state index contributed by atoms with van der Waals surface area (Å²) in [6.45, 7) is 1.43. The fraction of sp³-hybridized carbons (Fsp3) is 0.333. The third kappa shape index (κ3) is 4.52. The highest BCUT2D eigenvalue weighted by atomic mass is 32.2. The van der Waals surface area contributed by atoms with Gasteiger partial charge in [0.15, 0.2) is 6.10 Å². The van der Waals surface area contributed by atoms with E-state index in [0.717, 1.165) is 12.8 Å². The summed E-state index contributed by atoms with van der Waals surface area (Å²) in [7, 11) is -3.84. The van der Waals surface area contributed by atoms with Crippen molar-refractivity contribution in [3.8, 4) is 0 Å². The molecule has 1 atom stereocenters. The minimum atomic E-state index is -3.84. The van der Waals surface area contributed by atoms with E-state index in [1.807, 2.05) is 0 Å². The molecule has 0 aromatic heterocycles. The summed E-state index contributed by atoms with van der Waals surface area (Å²) >= 11 is 0. The van der Waals surface area contributed by atoms with Gasteiger partial charge < -0.3 is 10.1 Å². The highest BCUT2D eigenvalue weighted by Crippen LogP contribution is 2.43. The van der Waals surface area contributed by atoms with Crippen LogP contribution in [0.15, 0.2) is 53.4 Å². The van der Waals surface area contributed by atoms with Crippen LogP contribution in [-0.2, 0) is 29.8 Å². The number of benzene rings is 2. The van der Waals surface area contributed by atoms with Gasteiger partial charge in [0.1, 0.15) is 5.82 Å². The minimum Gasteiger partial charge on any atom is -0.452 e. The first-order valence-corrected chi connectivity index (χ1v) is 11.1. The van der Waals surface area contributed by atoms with Gasteiger partial charge in [-0.05, 0) is 50.1 Å². The average Bonchev–Trinajstić information content (AvgIpc) is 3.19. The lowest BCUT2D eigenvalue weighted by Gasteiger charge is -2.29. The third-order valence-corrected chi connectivity index (χ3v) is 6.27. The molecule has 2 aromatic carbocycles. The predicted octanol–water partition coefficient (Wildman–Crippen LogP) is 2.86. The molecule has 2 aromatic rings. The molecule has 1 unspecified atom stereocenters. The fourth-order valence-electron chi connectivity index (χ4n) is 3.71. The van der Waals surface area contributed by atoms with Gasteiger partial charge >= 0.3 is 5.97 Å². The van der Waals surface area contributed by atoms with Crippen molar-refractivity contribution in [3.63, 3.8) is 0 Å². The highest BCUT2D eigenvalue weighted by molar-refractivity contribution is 7.89. The average molecular weight is 434 g/mol. The van der Waals surface area contributed by atoms with E-state index in [2.05, 4.69) is 5.32 Å². The topological polar surface area (TPSA) is 116 Å². The van der Waals surface area contributed by atoms with Gasteiger partial charge in [-0.3, -0.25) is 9.59 Å². The molecule has 0 bridgehead atoms. The normalized spacial score (nSPS) is 16.6. The Labute approximate surface area is 174 Å². The molecule has 1 aliphatic rings. The van der Waals surface area contributed by atoms with Crippen molar-refractivity contribution < 1.29 is 27.1 Å². The fourth-order valence-corrected chi connectivity index (χ4v) is 4.23. The van der Waals surface area contributed by atoms with Crippen molar-refractivity contribution in [2.45, 2.75) is 49.0 Å². The first-order valence-electron chi connectivity index (χ1n) is 9.53. The molecule has 0 spiro atoms. The number of hydrogen-bond acceptors (Lipinski definition) is 5. The van der Waals surface area contributed by atoms with Crippen molar-refractivity contribution in [3.05, 3.63) is 59.9 Å². The number of halogens is 1. The van der Waals surface area contributed by atoms with Gasteiger partial charge in [0.05, 0.1) is 10.3 Å². The van der Waals surface area contributed by atoms with Crippen molar-refractivity contribution in [1.29, 1.82) is 0 Å². The van der Waals surface area contributed by atoms with Gasteiger partial charge in [-0.15, -0.1) is 0 Å². The van der Waals surface area contributed by atoms with Crippen LogP contribution in [0, 0.1) is 5.82 Å². The molecule has 0 aliphatic heterocycles. The number of hydrogen-bond donors (Lipinski definition) is 2. The summed E-state index contributed by atoms with van der Waals surface area (Å²) in [5.74, 6) is -1.69. The summed E-state index contributed by atoms with van der Waals surface area (Å²) in [6, 6.07) is 11.4. The standard InChI is InChI=1S/C21H23FN2O5S/c1-14(19(25)24-15-8-10-16(11-9-15)30(23,27)28)29-20(26)21(12-4-5-13-21)17-6-2-3-7-18(17)22/h2-3,6-11,14H,4-5,12-13H2,1H3,(H,24,25)(H2,23,27,28). The summed E-state index contributed by atoms with van der Waals surface area (Å²) in [4.78, 5) is 25.4. The van der Waals surface area contributed by atoms with Gasteiger partial charge in [0.25, 0.3) is 5.91 Å². The second-order valence-corrected chi connectivity index (χ2v) is 8.94. The minimum absolute atomic E-state index is 0.0898. The number of carbonyl (C=O) groups is 2. The largest absolute Gasteiger partial charge is 0.452 e. The highest BCUT2D eigenvalue weighted by Gasteiger charge is 2.46. The number of nitrogens with two attached hydrogens (primary N) is 1. The molecule has 1 aliphatic carbocycles. The van der Waals surface area contributed by atoms with E-state index in [9.17, 15) is 22.4 Å². The van der Waals surface area contributed by atoms with E-state index in [4.69, 9.17) is 9.88 Å².